The normalized spacial score (nSPS) is 11.0. The maximum atomic E-state index is 13.3. The van der Waals surface area contributed by atoms with Crippen molar-refractivity contribution in [1.29, 1.82) is 5.26 Å². The number of carbonyl (C=O) groups excluding carboxylic acids is 1. The van der Waals surface area contributed by atoms with Crippen molar-refractivity contribution in [1.82, 2.24) is 9.38 Å². The molecular formula is C26H20N4O4. The third kappa shape index (κ3) is 4.64. The predicted molar refractivity (Wildman–Crippen MR) is 128 cm³/mol. The molecule has 0 unspecified atom stereocenters. The van der Waals surface area contributed by atoms with Gasteiger partial charge in [0.15, 0.2) is 11.5 Å². The molecule has 0 fully saturated rings. The highest BCUT2D eigenvalue weighted by Gasteiger charge is 2.18. The summed E-state index contributed by atoms with van der Waals surface area (Å²) in [5, 5.41) is 12.3. The molecule has 8 heteroatoms. The Bertz CT molecular complexity index is 1500. The second-order valence-electron chi connectivity index (χ2n) is 7.31. The van der Waals surface area contributed by atoms with Crippen molar-refractivity contribution in [2.75, 3.05) is 12.4 Å². The quantitative estimate of drug-likeness (QED) is 0.344. The first-order valence-corrected chi connectivity index (χ1v) is 10.3. The van der Waals surface area contributed by atoms with Crippen molar-refractivity contribution < 1.29 is 14.3 Å². The van der Waals surface area contributed by atoms with E-state index < -0.39 is 11.5 Å². The SMILES string of the molecule is COc1ccccc1Oc1nc2ccccn2c(=O)c1/C=C(\C#N)C(=O)Nc1ccc(C)cc1. The topological polar surface area (TPSA) is 106 Å². The van der Waals surface area contributed by atoms with E-state index in [0.29, 0.717) is 22.8 Å². The number of nitrogens with one attached hydrogen (secondary N) is 1. The van der Waals surface area contributed by atoms with E-state index in [1.807, 2.05) is 25.1 Å². The van der Waals surface area contributed by atoms with Crippen molar-refractivity contribution in [2.45, 2.75) is 6.92 Å². The molecule has 168 valence electrons. The van der Waals surface area contributed by atoms with Gasteiger partial charge in [-0.25, -0.2) is 0 Å². The number of ether oxygens (including phenoxy) is 2. The molecule has 0 aliphatic heterocycles. The number of nitrogens with zero attached hydrogens (tertiary/aromatic N) is 3. The number of para-hydroxylation sites is 2. The molecule has 0 aliphatic carbocycles. The minimum atomic E-state index is -0.660. The van der Waals surface area contributed by atoms with E-state index in [1.165, 1.54) is 17.6 Å². The first-order chi connectivity index (χ1) is 16.5. The van der Waals surface area contributed by atoms with Gasteiger partial charge in [0.25, 0.3) is 11.5 Å². The Morgan fingerprint density at radius 1 is 1.06 bits per heavy atom. The molecule has 1 N–H and O–H groups in total. The second-order valence-corrected chi connectivity index (χ2v) is 7.31. The lowest BCUT2D eigenvalue weighted by atomic mass is 10.1. The summed E-state index contributed by atoms with van der Waals surface area (Å²) in [4.78, 5) is 30.5. The largest absolute Gasteiger partial charge is 0.493 e. The standard InChI is InChI=1S/C26H20N4O4/c1-17-10-12-19(13-11-17)28-24(31)18(16-27)15-20-25(34-22-8-4-3-7-21(22)33-2)29-23-9-5-6-14-30(23)26(20)32/h3-15H,1-2H3,(H,28,31)/b18-15+. The number of hydrogen-bond donors (Lipinski definition) is 1. The highest BCUT2D eigenvalue weighted by molar-refractivity contribution is 6.09. The number of rotatable bonds is 6. The fraction of sp³-hybridized carbons (Fsp3) is 0.0769. The second kappa shape index (κ2) is 9.71. The van der Waals surface area contributed by atoms with Gasteiger partial charge in [-0.2, -0.15) is 10.2 Å². The first kappa shape index (κ1) is 22.3. The summed E-state index contributed by atoms with van der Waals surface area (Å²) in [6.45, 7) is 1.93. The fourth-order valence-electron chi connectivity index (χ4n) is 3.22. The van der Waals surface area contributed by atoms with Crippen LogP contribution in [0.4, 0.5) is 5.69 Å². The third-order valence-corrected chi connectivity index (χ3v) is 4.97. The Kier molecular flexibility index (Phi) is 6.37. The van der Waals surface area contributed by atoms with Gasteiger partial charge in [0.05, 0.1) is 7.11 Å². The zero-order chi connectivity index (χ0) is 24.1. The summed E-state index contributed by atoms with van der Waals surface area (Å²) in [6, 6.07) is 21.0. The van der Waals surface area contributed by atoms with Crippen LogP contribution in [0, 0.1) is 18.3 Å². The van der Waals surface area contributed by atoms with Crippen LogP contribution in [0.25, 0.3) is 11.7 Å². The van der Waals surface area contributed by atoms with Gasteiger partial charge in [-0.1, -0.05) is 35.9 Å². The summed E-state index contributed by atoms with van der Waals surface area (Å²) >= 11 is 0. The molecular weight excluding hydrogens is 432 g/mol. The van der Waals surface area contributed by atoms with Crippen LogP contribution in [-0.2, 0) is 4.79 Å². The van der Waals surface area contributed by atoms with Crippen LogP contribution in [0.1, 0.15) is 11.1 Å². The maximum Gasteiger partial charge on any atom is 0.269 e. The number of hydrogen-bond acceptors (Lipinski definition) is 6. The molecule has 0 spiro atoms. The van der Waals surface area contributed by atoms with Crippen LogP contribution in [0.2, 0.25) is 0 Å². The van der Waals surface area contributed by atoms with Crippen LogP contribution in [0.15, 0.2) is 83.3 Å². The Morgan fingerprint density at radius 3 is 2.47 bits per heavy atom. The van der Waals surface area contributed by atoms with Crippen molar-refractivity contribution in [3.8, 4) is 23.4 Å². The van der Waals surface area contributed by atoms with E-state index in [4.69, 9.17) is 9.47 Å². The average molecular weight is 452 g/mol. The number of aromatic nitrogens is 2. The number of amides is 1. The number of aryl methyl sites for hydroxylation is 1. The van der Waals surface area contributed by atoms with E-state index in [2.05, 4.69) is 10.3 Å². The van der Waals surface area contributed by atoms with Crippen LogP contribution >= 0.6 is 0 Å². The molecule has 0 saturated heterocycles. The van der Waals surface area contributed by atoms with Crippen LogP contribution in [0.3, 0.4) is 0 Å². The van der Waals surface area contributed by atoms with Gasteiger partial charge in [0, 0.05) is 11.9 Å². The molecule has 1 amide bonds. The molecule has 0 bridgehead atoms. The van der Waals surface area contributed by atoms with E-state index in [-0.39, 0.29) is 17.0 Å². The smallest absolute Gasteiger partial charge is 0.269 e. The van der Waals surface area contributed by atoms with Gasteiger partial charge in [-0.05, 0) is 49.4 Å². The predicted octanol–water partition coefficient (Wildman–Crippen LogP) is 4.35. The molecule has 2 aromatic carbocycles. The van der Waals surface area contributed by atoms with Gasteiger partial charge in [0.1, 0.15) is 22.9 Å². The van der Waals surface area contributed by atoms with E-state index >= 15 is 0 Å². The van der Waals surface area contributed by atoms with Gasteiger partial charge < -0.3 is 14.8 Å². The Hall–Kier alpha value is -4.90. The van der Waals surface area contributed by atoms with Crippen LogP contribution < -0.4 is 20.3 Å². The average Bonchev–Trinajstić information content (AvgIpc) is 2.85. The van der Waals surface area contributed by atoms with E-state index in [0.717, 1.165) is 5.56 Å². The number of nitriles is 1. The van der Waals surface area contributed by atoms with E-state index in [1.54, 1.807) is 60.8 Å². The van der Waals surface area contributed by atoms with Crippen molar-refractivity contribution in [3.63, 3.8) is 0 Å². The molecule has 4 rings (SSSR count). The minimum absolute atomic E-state index is 0.0507. The van der Waals surface area contributed by atoms with Gasteiger partial charge in [-0.3, -0.25) is 14.0 Å². The zero-order valence-corrected chi connectivity index (χ0v) is 18.5. The first-order valence-electron chi connectivity index (χ1n) is 10.3. The Labute approximate surface area is 195 Å². The molecule has 0 saturated carbocycles. The summed E-state index contributed by atoms with van der Waals surface area (Å²) in [6.07, 6.45) is 2.73. The van der Waals surface area contributed by atoms with Crippen molar-refractivity contribution in [2.24, 2.45) is 0 Å². The molecule has 8 nitrogen and oxygen atoms in total. The summed E-state index contributed by atoms with van der Waals surface area (Å²) in [5.74, 6) is 0.0447. The van der Waals surface area contributed by atoms with Gasteiger partial charge in [0.2, 0.25) is 5.88 Å². The number of methoxy groups -OCH3 is 1. The highest BCUT2D eigenvalue weighted by atomic mass is 16.5. The molecule has 0 aliphatic rings. The van der Waals surface area contributed by atoms with Crippen LogP contribution in [0.5, 0.6) is 17.4 Å². The monoisotopic (exact) mass is 452 g/mol. The zero-order valence-electron chi connectivity index (χ0n) is 18.5. The molecule has 0 atom stereocenters. The number of fused-ring (bicyclic) bond motifs is 1. The lowest BCUT2D eigenvalue weighted by Gasteiger charge is -2.12. The van der Waals surface area contributed by atoms with E-state index in [9.17, 15) is 14.9 Å². The molecule has 2 heterocycles. The third-order valence-electron chi connectivity index (χ3n) is 4.97. The molecule has 34 heavy (non-hydrogen) atoms. The number of carbonyl (C=O) groups is 1. The molecule has 2 aromatic heterocycles. The van der Waals surface area contributed by atoms with Crippen LogP contribution in [-0.4, -0.2) is 22.4 Å². The minimum Gasteiger partial charge on any atom is -0.493 e. The summed E-state index contributed by atoms with van der Waals surface area (Å²) < 4.78 is 12.6. The number of pyridine rings is 1. The maximum absolute atomic E-state index is 13.3. The Balaban J connectivity index is 1.81. The molecule has 4 aromatic rings. The van der Waals surface area contributed by atoms with Crippen molar-refractivity contribution in [3.05, 3.63) is 100.0 Å². The fourth-order valence-corrected chi connectivity index (χ4v) is 3.22. The lowest BCUT2D eigenvalue weighted by molar-refractivity contribution is -0.112. The Morgan fingerprint density at radius 2 is 1.76 bits per heavy atom. The summed E-state index contributed by atoms with van der Waals surface area (Å²) in [7, 11) is 1.49. The highest BCUT2D eigenvalue weighted by Crippen LogP contribution is 2.31. The van der Waals surface area contributed by atoms with Crippen molar-refractivity contribution >= 4 is 23.3 Å². The number of anilines is 1. The number of benzene rings is 2. The molecule has 0 radical (unpaired) electrons. The lowest BCUT2D eigenvalue weighted by Crippen LogP contribution is -2.20. The van der Waals surface area contributed by atoms with Gasteiger partial charge in [-0.15, -0.1) is 0 Å². The summed E-state index contributed by atoms with van der Waals surface area (Å²) in [5.41, 5.74) is 1.08. The van der Waals surface area contributed by atoms with Gasteiger partial charge >= 0.3 is 0 Å².